The van der Waals surface area contributed by atoms with Crippen molar-refractivity contribution in [3.63, 3.8) is 0 Å². The van der Waals surface area contributed by atoms with E-state index < -0.39 is 74.2 Å². The molecule has 1 aliphatic rings. The molecule has 0 spiro atoms. The first-order chi connectivity index (χ1) is 25.2. The van der Waals surface area contributed by atoms with Crippen molar-refractivity contribution in [2.75, 3.05) is 13.2 Å². The number of hydrogen-bond acceptors (Lipinski definition) is 10. The zero-order chi connectivity index (χ0) is 38.4. The maximum atomic E-state index is 13.0. The third kappa shape index (κ3) is 22.1. The van der Waals surface area contributed by atoms with Gasteiger partial charge in [0.1, 0.15) is 36.6 Å². The fourth-order valence-corrected chi connectivity index (χ4v) is 6.46. The molecule has 0 aromatic rings. The van der Waals surface area contributed by atoms with Gasteiger partial charge in [-0.25, -0.2) is 0 Å². The van der Waals surface area contributed by atoms with E-state index in [0.29, 0.717) is 19.3 Å². The van der Waals surface area contributed by atoms with Crippen molar-refractivity contribution < 1.29 is 50.0 Å². The van der Waals surface area contributed by atoms with Gasteiger partial charge in [-0.05, 0) is 44.9 Å². The molecule has 9 unspecified atom stereocenters. The first-order valence-corrected chi connectivity index (χ1v) is 20.7. The van der Waals surface area contributed by atoms with Crippen LogP contribution in [0, 0.1) is 0 Å². The van der Waals surface area contributed by atoms with E-state index in [-0.39, 0.29) is 12.8 Å². The van der Waals surface area contributed by atoms with Crippen LogP contribution in [0.25, 0.3) is 0 Å². The topological polar surface area (TPSA) is 189 Å². The lowest BCUT2D eigenvalue weighted by atomic mass is 9.98. The van der Waals surface area contributed by atoms with E-state index in [1.165, 1.54) is 70.6 Å². The summed E-state index contributed by atoms with van der Waals surface area (Å²) in [4.78, 5) is 13.0. The molecule has 1 saturated heterocycles. The van der Waals surface area contributed by atoms with Gasteiger partial charge in [0.05, 0.1) is 25.4 Å². The summed E-state index contributed by atoms with van der Waals surface area (Å²) in [5, 5.41) is 75.2. The number of aliphatic hydroxyl groups is 7. The summed E-state index contributed by atoms with van der Waals surface area (Å²) in [6.45, 7) is 3.31. The second-order valence-corrected chi connectivity index (χ2v) is 14.7. The van der Waals surface area contributed by atoms with Gasteiger partial charge in [-0.2, -0.15) is 0 Å². The summed E-state index contributed by atoms with van der Waals surface area (Å²) >= 11 is 0. The van der Waals surface area contributed by atoms with Crippen LogP contribution in [0.5, 0.6) is 0 Å². The van der Waals surface area contributed by atoms with Crippen LogP contribution in [-0.4, -0.2) is 110 Å². The van der Waals surface area contributed by atoms with Crippen molar-refractivity contribution in [1.82, 2.24) is 5.32 Å². The molecule has 1 heterocycles. The van der Waals surface area contributed by atoms with E-state index in [4.69, 9.17) is 9.47 Å². The van der Waals surface area contributed by atoms with Crippen molar-refractivity contribution in [3.05, 3.63) is 24.3 Å². The maximum Gasteiger partial charge on any atom is 0.249 e. The fourth-order valence-electron chi connectivity index (χ4n) is 6.46. The predicted molar refractivity (Wildman–Crippen MR) is 205 cm³/mol. The Bertz CT molecular complexity index is 903. The van der Waals surface area contributed by atoms with Crippen molar-refractivity contribution in [2.45, 2.75) is 217 Å². The Morgan fingerprint density at radius 3 is 1.71 bits per heavy atom. The van der Waals surface area contributed by atoms with Gasteiger partial charge in [0.25, 0.3) is 0 Å². The Morgan fingerprint density at radius 2 is 1.17 bits per heavy atom. The average molecular weight is 744 g/mol. The zero-order valence-electron chi connectivity index (χ0n) is 32.5. The Morgan fingerprint density at radius 1 is 0.654 bits per heavy atom. The van der Waals surface area contributed by atoms with Gasteiger partial charge in [-0.1, -0.05) is 141 Å². The van der Waals surface area contributed by atoms with E-state index in [0.717, 1.165) is 44.9 Å². The Kier molecular flexibility index (Phi) is 29.8. The van der Waals surface area contributed by atoms with Crippen molar-refractivity contribution in [2.24, 2.45) is 0 Å². The number of rotatable bonds is 33. The second kappa shape index (κ2) is 31.9. The van der Waals surface area contributed by atoms with Crippen LogP contribution in [-0.2, 0) is 14.3 Å². The van der Waals surface area contributed by atoms with Crippen molar-refractivity contribution >= 4 is 5.91 Å². The molecule has 11 heteroatoms. The Balaban J connectivity index is 2.52. The van der Waals surface area contributed by atoms with E-state index in [2.05, 4.69) is 37.4 Å². The number of aliphatic hydroxyl groups excluding tert-OH is 7. The highest BCUT2D eigenvalue weighted by Gasteiger charge is 2.44. The number of unbranched alkanes of at least 4 members (excludes halogenated alkanes) is 17. The molecule has 1 rings (SSSR count). The summed E-state index contributed by atoms with van der Waals surface area (Å²) in [5.41, 5.74) is 0. The van der Waals surface area contributed by atoms with Crippen LogP contribution in [0.15, 0.2) is 24.3 Å². The maximum absolute atomic E-state index is 13.0. The van der Waals surface area contributed by atoms with Gasteiger partial charge in [0.15, 0.2) is 6.29 Å². The lowest BCUT2D eigenvalue weighted by molar-refractivity contribution is -0.303. The number of nitrogens with one attached hydrogen (secondary N) is 1. The number of allylic oxidation sites excluding steroid dienone is 4. The highest BCUT2D eigenvalue weighted by molar-refractivity contribution is 5.80. The van der Waals surface area contributed by atoms with Crippen LogP contribution in [0.1, 0.15) is 162 Å². The minimum atomic E-state index is -1.67. The molecule has 0 aliphatic carbocycles. The third-order valence-electron chi connectivity index (χ3n) is 9.97. The first-order valence-electron chi connectivity index (χ1n) is 20.7. The normalized spacial score (nSPS) is 23.3. The van der Waals surface area contributed by atoms with Gasteiger partial charge in [-0.3, -0.25) is 4.79 Å². The molecule has 0 aromatic heterocycles. The molecule has 52 heavy (non-hydrogen) atoms. The quantitative estimate of drug-likeness (QED) is 0.0315. The molecule has 8 N–H and O–H groups in total. The van der Waals surface area contributed by atoms with E-state index in [1.807, 2.05) is 6.08 Å². The third-order valence-corrected chi connectivity index (χ3v) is 9.97. The highest BCUT2D eigenvalue weighted by Crippen LogP contribution is 2.23. The fraction of sp³-hybridized carbons (Fsp3) is 0.878. The number of ether oxygens (including phenoxy) is 2. The molecule has 0 bridgehead atoms. The molecule has 11 nitrogen and oxygen atoms in total. The molecular weight excluding hydrogens is 666 g/mol. The monoisotopic (exact) mass is 744 g/mol. The lowest BCUT2D eigenvalue weighted by Gasteiger charge is -2.40. The summed E-state index contributed by atoms with van der Waals surface area (Å²) in [7, 11) is 0. The van der Waals surface area contributed by atoms with Crippen molar-refractivity contribution in [1.29, 1.82) is 0 Å². The molecule has 0 saturated carbocycles. The number of amides is 1. The predicted octanol–water partition coefficient (Wildman–Crippen LogP) is 5.49. The zero-order valence-corrected chi connectivity index (χ0v) is 32.5. The smallest absolute Gasteiger partial charge is 0.249 e. The molecule has 306 valence electrons. The lowest BCUT2D eigenvalue weighted by Crippen LogP contribution is -2.60. The van der Waals surface area contributed by atoms with Crippen LogP contribution >= 0.6 is 0 Å². The molecule has 0 aromatic carbocycles. The average Bonchev–Trinajstić information content (AvgIpc) is 3.14. The molecule has 1 amide bonds. The van der Waals surface area contributed by atoms with E-state index in [1.54, 1.807) is 0 Å². The molecule has 1 fully saturated rings. The van der Waals surface area contributed by atoms with E-state index in [9.17, 15) is 40.5 Å². The summed E-state index contributed by atoms with van der Waals surface area (Å²) in [6.07, 6.45) is 21.0. The number of hydrogen-bond donors (Lipinski definition) is 8. The molecular formula is C41H77NO10. The van der Waals surface area contributed by atoms with Crippen LogP contribution in [0.4, 0.5) is 0 Å². The van der Waals surface area contributed by atoms with Gasteiger partial charge in [0.2, 0.25) is 5.91 Å². The first kappa shape index (κ1) is 48.6. The van der Waals surface area contributed by atoms with Crippen LogP contribution in [0.2, 0.25) is 0 Å². The molecule has 1 aliphatic heterocycles. The Labute approximate surface area is 314 Å². The van der Waals surface area contributed by atoms with Gasteiger partial charge < -0.3 is 50.5 Å². The van der Waals surface area contributed by atoms with Gasteiger partial charge in [-0.15, -0.1) is 0 Å². The molecule has 0 radical (unpaired) electrons. The minimum Gasteiger partial charge on any atom is -0.394 e. The highest BCUT2D eigenvalue weighted by atomic mass is 16.7. The van der Waals surface area contributed by atoms with Crippen molar-refractivity contribution in [3.8, 4) is 0 Å². The summed E-state index contributed by atoms with van der Waals surface area (Å²) in [5.74, 6) is -0.713. The van der Waals surface area contributed by atoms with Crippen LogP contribution in [0.3, 0.4) is 0 Å². The minimum absolute atomic E-state index is 0.246. The largest absolute Gasteiger partial charge is 0.394 e. The standard InChI is InChI=1S/C41H77NO10/c1-3-5-7-9-11-13-15-16-17-18-19-21-23-25-27-29-34(45)40(50)42-32(31-51-41-39(49)38(48)37(47)35(30-43)52-41)36(46)33(44)28-26-24-22-20-14-12-10-8-6-4-2/h8,10,20,22,32-39,41,43-49H,3-7,9,11-19,21,23-31H2,1-2H3,(H,42,50)/b10-8+,22-20+. The summed E-state index contributed by atoms with van der Waals surface area (Å²) < 4.78 is 11.0. The number of carbonyl (C=O) groups is 1. The SMILES string of the molecule is CCC/C=C/CC/C=C/CCCC(O)C(O)C(COC1OC(CO)C(O)C(O)C1O)NC(=O)C(O)CCCCCCCCCCCCCCCCC. The second-order valence-electron chi connectivity index (χ2n) is 14.7. The Hall–Kier alpha value is -1.41. The van der Waals surface area contributed by atoms with Gasteiger partial charge in [0, 0.05) is 0 Å². The van der Waals surface area contributed by atoms with Crippen LogP contribution < -0.4 is 5.32 Å². The van der Waals surface area contributed by atoms with Gasteiger partial charge >= 0.3 is 0 Å². The summed E-state index contributed by atoms with van der Waals surface area (Å²) in [6, 6.07) is -1.18. The number of carbonyl (C=O) groups excluding carboxylic acids is 1. The molecule has 9 atom stereocenters. The van der Waals surface area contributed by atoms with E-state index >= 15 is 0 Å².